The molecule has 3 aromatic rings. The summed E-state index contributed by atoms with van der Waals surface area (Å²) in [5.74, 6) is 1.57. The Morgan fingerprint density at radius 2 is 2.11 bits per heavy atom. The summed E-state index contributed by atoms with van der Waals surface area (Å²) < 4.78 is 7.24. The Bertz CT molecular complexity index is 1010. The molecular formula is C20H19N5O2. The molecule has 4 rings (SSSR count). The van der Waals surface area contributed by atoms with Gasteiger partial charge in [-0.25, -0.2) is 4.98 Å². The van der Waals surface area contributed by atoms with Gasteiger partial charge in [-0.3, -0.25) is 4.79 Å². The topological polar surface area (TPSA) is 81.9 Å². The zero-order chi connectivity index (χ0) is 18.6. The van der Waals surface area contributed by atoms with Crippen molar-refractivity contribution in [2.45, 2.75) is 19.4 Å². The molecule has 3 heterocycles. The third-order valence-corrected chi connectivity index (χ3v) is 4.44. The number of benzene rings is 1. The van der Waals surface area contributed by atoms with Gasteiger partial charge in [0, 0.05) is 12.1 Å². The van der Waals surface area contributed by atoms with Crippen LogP contribution in [0.25, 0.3) is 11.5 Å². The first-order valence-electron chi connectivity index (χ1n) is 8.73. The Labute approximate surface area is 156 Å². The lowest BCUT2D eigenvalue weighted by Crippen LogP contribution is -2.15. The largest absolute Gasteiger partial charge is 0.497 e. The summed E-state index contributed by atoms with van der Waals surface area (Å²) in [4.78, 5) is 17.4. The number of methoxy groups -OCH3 is 1. The second kappa shape index (κ2) is 7.41. The third kappa shape index (κ3) is 3.57. The van der Waals surface area contributed by atoms with Gasteiger partial charge >= 0.3 is 0 Å². The predicted molar refractivity (Wildman–Crippen MR) is 102 cm³/mol. The van der Waals surface area contributed by atoms with Gasteiger partial charge in [-0.2, -0.15) is 0 Å². The van der Waals surface area contributed by atoms with Crippen molar-refractivity contribution in [3.8, 4) is 17.3 Å². The molecule has 1 aliphatic heterocycles. The van der Waals surface area contributed by atoms with Gasteiger partial charge in [0.25, 0.3) is 5.91 Å². The van der Waals surface area contributed by atoms with Crippen LogP contribution in [0.5, 0.6) is 5.75 Å². The molecule has 0 fully saturated rings. The molecule has 0 aliphatic carbocycles. The molecule has 1 N–H and O–H groups in total. The number of hydrogen-bond acceptors (Lipinski definition) is 5. The highest BCUT2D eigenvalue weighted by Gasteiger charge is 2.15. The second-order valence-corrected chi connectivity index (χ2v) is 6.20. The number of carbonyl (C=O) groups is 1. The van der Waals surface area contributed by atoms with E-state index in [4.69, 9.17) is 4.74 Å². The van der Waals surface area contributed by atoms with Crippen LogP contribution in [0.1, 0.15) is 22.3 Å². The Morgan fingerprint density at radius 1 is 1.19 bits per heavy atom. The molecule has 7 heteroatoms. The number of anilines is 1. The zero-order valence-corrected chi connectivity index (χ0v) is 14.9. The molecule has 0 saturated heterocycles. The summed E-state index contributed by atoms with van der Waals surface area (Å²) in [6.07, 6.45) is 7.37. The SMILES string of the molecule is COc1ccc2c(c1)C(=O)Nc1cccc(n1)-c1nncn1CC/C=C\C2. The highest BCUT2D eigenvalue weighted by molar-refractivity contribution is 6.05. The van der Waals surface area contributed by atoms with Gasteiger partial charge in [0.15, 0.2) is 5.82 Å². The first-order valence-corrected chi connectivity index (χ1v) is 8.73. The van der Waals surface area contributed by atoms with Gasteiger partial charge < -0.3 is 14.6 Å². The number of rotatable bonds is 1. The number of nitrogens with zero attached hydrogens (tertiary/aromatic N) is 4. The minimum absolute atomic E-state index is 0.222. The number of nitrogens with one attached hydrogen (secondary N) is 1. The summed E-state index contributed by atoms with van der Waals surface area (Å²) in [5, 5.41) is 11.1. The molecule has 136 valence electrons. The molecule has 2 bridgehead atoms. The Morgan fingerprint density at radius 3 is 3.00 bits per heavy atom. The van der Waals surface area contributed by atoms with Crippen molar-refractivity contribution in [3.05, 3.63) is 66.0 Å². The lowest BCUT2D eigenvalue weighted by atomic mass is 10.0. The highest BCUT2D eigenvalue weighted by atomic mass is 16.5. The van der Waals surface area contributed by atoms with Crippen LogP contribution in [0.15, 0.2) is 54.9 Å². The molecule has 0 radical (unpaired) electrons. The van der Waals surface area contributed by atoms with E-state index in [1.165, 1.54) is 0 Å². The second-order valence-electron chi connectivity index (χ2n) is 6.20. The number of carbonyl (C=O) groups excluding carboxylic acids is 1. The minimum Gasteiger partial charge on any atom is -0.497 e. The van der Waals surface area contributed by atoms with E-state index in [2.05, 4.69) is 32.7 Å². The maximum Gasteiger partial charge on any atom is 0.257 e. The maximum atomic E-state index is 12.9. The van der Waals surface area contributed by atoms with Gasteiger partial charge in [0.05, 0.1) is 7.11 Å². The van der Waals surface area contributed by atoms with E-state index in [9.17, 15) is 4.79 Å². The molecule has 0 unspecified atom stereocenters. The van der Waals surface area contributed by atoms with Crippen LogP contribution in [-0.4, -0.2) is 32.8 Å². The quantitative estimate of drug-likeness (QED) is 0.674. The summed E-state index contributed by atoms with van der Waals surface area (Å²) in [6.45, 7) is 0.757. The lowest BCUT2D eigenvalue weighted by Gasteiger charge is -2.12. The van der Waals surface area contributed by atoms with Crippen molar-refractivity contribution in [1.82, 2.24) is 19.7 Å². The molecule has 7 nitrogen and oxygen atoms in total. The summed E-state index contributed by atoms with van der Waals surface area (Å²) >= 11 is 0. The molecule has 0 saturated carbocycles. The van der Waals surface area contributed by atoms with Crippen LogP contribution in [-0.2, 0) is 13.0 Å². The first kappa shape index (κ1) is 17.0. The van der Waals surface area contributed by atoms with Crippen LogP contribution < -0.4 is 10.1 Å². The average molecular weight is 361 g/mol. The standard InChI is InChI=1S/C20H19N5O2/c1-27-15-10-9-14-6-3-2-4-11-25-13-21-24-19(25)17-7-5-8-18(22-17)23-20(26)16(14)12-15/h2-3,5,7-10,12-13H,4,6,11H2,1H3,(H,22,23,26)/b3-2-. The van der Waals surface area contributed by atoms with Gasteiger partial charge in [-0.15, -0.1) is 10.2 Å². The number of aromatic nitrogens is 4. The number of aryl methyl sites for hydroxylation is 1. The molecule has 27 heavy (non-hydrogen) atoms. The fraction of sp³-hybridized carbons (Fsp3) is 0.200. The monoisotopic (exact) mass is 361 g/mol. The fourth-order valence-electron chi connectivity index (χ4n) is 3.04. The highest BCUT2D eigenvalue weighted by Crippen LogP contribution is 2.22. The molecule has 1 aromatic carbocycles. The molecule has 2 aromatic heterocycles. The number of allylic oxidation sites excluding steroid dienone is 2. The van der Waals surface area contributed by atoms with Crippen molar-refractivity contribution >= 4 is 11.7 Å². The van der Waals surface area contributed by atoms with Gasteiger partial charge in [0.1, 0.15) is 23.6 Å². The van der Waals surface area contributed by atoms with Gasteiger partial charge in [-0.05, 0) is 42.7 Å². The van der Waals surface area contributed by atoms with Crippen molar-refractivity contribution < 1.29 is 9.53 Å². The normalized spacial score (nSPS) is 15.1. The van der Waals surface area contributed by atoms with E-state index in [0.717, 1.165) is 18.5 Å². The number of amides is 1. The Balaban J connectivity index is 1.77. The van der Waals surface area contributed by atoms with Gasteiger partial charge in [-0.1, -0.05) is 24.3 Å². The predicted octanol–water partition coefficient (Wildman–Crippen LogP) is 3.10. The van der Waals surface area contributed by atoms with E-state index in [0.29, 0.717) is 35.1 Å². The first-order chi connectivity index (χ1) is 13.2. The van der Waals surface area contributed by atoms with E-state index in [1.807, 2.05) is 28.8 Å². The average Bonchev–Trinajstić information content (AvgIpc) is 3.16. The van der Waals surface area contributed by atoms with E-state index in [1.54, 1.807) is 25.6 Å². The summed E-state index contributed by atoms with van der Waals surface area (Å²) in [7, 11) is 1.59. The van der Waals surface area contributed by atoms with Crippen molar-refractivity contribution in [1.29, 1.82) is 0 Å². The molecular weight excluding hydrogens is 342 g/mol. The Kier molecular flexibility index (Phi) is 4.65. The lowest BCUT2D eigenvalue weighted by molar-refractivity contribution is 0.102. The number of pyridine rings is 1. The number of hydrogen-bond donors (Lipinski definition) is 1. The Hall–Kier alpha value is -3.48. The third-order valence-electron chi connectivity index (χ3n) is 4.44. The van der Waals surface area contributed by atoms with Crippen LogP contribution in [0.4, 0.5) is 5.82 Å². The summed E-state index contributed by atoms with van der Waals surface area (Å²) in [6, 6.07) is 11.0. The fourth-order valence-corrected chi connectivity index (χ4v) is 3.04. The summed E-state index contributed by atoms with van der Waals surface area (Å²) in [5.41, 5.74) is 2.17. The number of fused-ring (bicyclic) bond motifs is 5. The van der Waals surface area contributed by atoms with Crippen molar-refractivity contribution in [2.75, 3.05) is 12.4 Å². The minimum atomic E-state index is -0.222. The van der Waals surface area contributed by atoms with Crippen LogP contribution >= 0.6 is 0 Å². The smallest absolute Gasteiger partial charge is 0.257 e. The molecule has 1 amide bonds. The molecule has 0 atom stereocenters. The molecule has 1 aliphatic rings. The van der Waals surface area contributed by atoms with E-state index < -0.39 is 0 Å². The van der Waals surface area contributed by atoms with E-state index >= 15 is 0 Å². The number of ether oxygens (including phenoxy) is 1. The van der Waals surface area contributed by atoms with Crippen LogP contribution in [0.2, 0.25) is 0 Å². The van der Waals surface area contributed by atoms with Crippen LogP contribution in [0, 0.1) is 0 Å². The van der Waals surface area contributed by atoms with Crippen LogP contribution in [0.3, 0.4) is 0 Å². The molecule has 0 spiro atoms. The van der Waals surface area contributed by atoms with Crippen molar-refractivity contribution in [2.24, 2.45) is 0 Å². The maximum absolute atomic E-state index is 12.9. The van der Waals surface area contributed by atoms with Gasteiger partial charge in [0.2, 0.25) is 0 Å². The van der Waals surface area contributed by atoms with Crippen molar-refractivity contribution in [3.63, 3.8) is 0 Å². The zero-order valence-electron chi connectivity index (χ0n) is 14.9. The van der Waals surface area contributed by atoms with E-state index in [-0.39, 0.29) is 5.91 Å².